The minimum atomic E-state index is 0. The van der Waals surface area contributed by atoms with E-state index in [2.05, 4.69) is 17.8 Å². The molecule has 0 saturated heterocycles. The van der Waals surface area contributed by atoms with E-state index in [0.717, 1.165) is 6.54 Å². The Morgan fingerprint density at radius 1 is 1.30 bits per heavy atom. The summed E-state index contributed by atoms with van der Waals surface area (Å²) in [6, 6.07) is 0. The van der Waals surface area contributed by atoms with Gasteiger partial charge in [-0.05, 0) is 12.5 Å². The fourth-order valence-electron chi connectivity index (χ4n) is 0.416. The summed E-state index contributed by atoms with van der Waals surface area (Å²) in [4.78, 5) is 0. The first-order chi connectivity index (χ1) is 4.89. The Bertz CT molecular complexity index is 82.2. The van der Waals surface area contributed by atoms with Gasteiger partial charge in [-0.2, -0.15) is 0 Å². The third-order valence-corrected chi connectivity index (χ3v) is 0.788. The lowest BCUT2D eigenvalue weighted by Gasteiger charge is -1.85. The van der Waals surface area contributed by atoms with Crippen molar-refractivity contribution in [2.24, 2.45) is 0 Å². The third-order valence-electron chi connectivity index (χ3n) is 0.788. The van der Waals surface area contributed by atoms with Gasteiger partial charge in [-0.25, -0.2) is 5.43 Å². The predicted molar refractivity (Wildman–Crippen MR) is 49.7 cm³/mol. The Hall–Kier alpha value is -0.500. The highest BCUT2D eigenvalue weighted by Crippen LogP contribution is 1.88. The molecule has 1 heterocycles. The molecule has 1 aliphatic rings. The lowest BCUT2D eigenvalue weighted by atomic mass is 10.4. The van der Waals surface area contributed by atoms with Crippen molar-refractivity contribution < 1.29 is 1.43 Å². The maximum Gasteiger partial charge on any atom is 0.0372 e. The highest BCUT2D eigenvalue weighted by atomic mass is 15.4. The van der Waals surface area contributed by atoms with Crippen LogP contribution in [-0.2, 0) is 0 Å². The Morgan fingerprint density at radius 2 is 1.80 bits per heavy atom. The van der Waals surface area contributed by atoms with E-state index in [9.17, 15) is 0 Å². The molecule has 0 atom stereocenters. The summed E-state index contributed by atoms with van der Waals surface area (Å²) in [6.07, 6.45) is 1.96. The Labute approximate surface area is 66.2 Å². The zero-order valence-corrected chi connectivity index (χ0v) is 7.78. The molecule has 0 amide bonds. The summed E-state index contributed by atoms with van der Waals surface area (Å²) in [5, 5.41) is 0. The molecule has 0 aliphatic carbocycles. The highest BCUT2D eigenvalue weighted by Gasteiger charge is 1.91. The van der Waals surface area contributed by atoms with Crippen LogP contribution >= 0.6 is 0 Å². The smallest absolute Gasteiger partial charge is 0.0372 e. The van der Waals surface area contributed by atoms with Crippen LogP contribution in [0.3, 0.4) is 0 Å². The molecule has 1 aliphatic heterocycles. The van der Waals surface area contributed by atoms with Gasteiger partial charge in [0.25, 0.3) is 0 Å². The average molecular weight is 146 g/mol. The molecular weight excluding hydrogens is 124 g/mol. The van der Waals surface area contributed by atoms with Crippen molar-refractivity contribution in [1.29, 1.82) is 0 Å². The van der Waals surface area contributed by atoms with E-state index in [1.54, 1.807) is 0 Å². The standard InChI is InChI=1S/C4H8N2.2C2H6.H2/c1-4-2-5-6-3-4;2*1-2;/h2,5-6H,3H2,1H3;2*1-2H3;1H. The first-order valence-corrected chi connectivity index (χ1v) is 4.03. The second-order valence-electron chi connectivity index (χ2n) is 1.49. The average Bonchev–Trinajstić information content (AvgIpc) is 2.48. The largest absolute Gasteiger partial charge is 0.328 e. The fourth-order valence-corrected chi connectivity index (χ4v) is 0.416. The topological polar surface area (TPSA) is 24.1 Å². The van der Waals surface area contributed by atoms with Crippen LogP contribution in [0.5, 0.6) is 0 Å². The quantitative estimate of drug-likeness (QED) is 0.548. The first kappa shape index (κ1) is 12.2. The van der Waals surface area contributed by atoms with Crippen molar-refractivity contribution in [3.8, 4) is 0 Å². The summed E-state index contributed by atoms with van der Waals surface area (Å²) in [7, 11) is 0. The lowest BCUT2D eigenvalue weighted by molar-refractivity contribution is 0.722. The van der Waals surface area contributed by atoms with Crippen LogP contribution in [0.25, 0.3) is 0 Å². The van der Waals surface area contributed by atoms with Crippen LogP contribution in [0.2, 0.25) is 0 Å². The monoisotopic (exact) mass is 146 g/mol. The first-order valence-electron chi connectivity index (χ1n) is 4.03. The summed E-state index contributed by atoms with van der Waals surface area (Å²) in [5.74, 6) is 0. The molecule has 0 aromatic heterocycles. The molecule has 0 fully saturated rings. The molecule has 1 rings (SSSR count). The van der Waals surface area contributed by atoms with E-state index in [1.807, 2.05) is 33.9 Å². The van der Waals surface area contributed by atoms with Gasteiger partial charge in [-0.15, -0.1) is 0 Å². The minimum absolute atomic E-state index is 0. The Morgan fingerprint density at radius 3 is 1.90 bits per heavy atom. The zero-order valence-electron chi connectivity index (χ0n) is 7.78. The summed E-state index contributed by atoms with van der Waals surface area (Å²) < 4.78 is 0. The van der Waals surface area contributed by atoms with Gasteiger partial charge in [0.05, 0.1) is 0 Å². The van der Waals surface area contributed by atoms with Gasteiger partial charge in [0.1, 0.15) is 0 Å². The van der Waals surface area contributed by atoms with Gasteiger partial charge in [0.15, 0.2) is 0 Å². The van der Waals surface area contributed by atoms with E-state index >= 15 is 0 Å². The van der Waals surface area contributed by atoms with E-state index in [-0.39, 0.29) is 1.43 Å². The normalized spacial score (nSPS) is 13.1. The van der Waals surface area contributed by atoms with Gasteiger partial charge < -0.3 is 5.43 Å². The number of hydrogen-bond acceptors (Lipinski definition) is 2. The van der Waals surface area contributed by atoms with Gasteiger partial charge in [-0.3, -0.25) is 0 Å². The van der Waals surface area contributed by atoms with Crippen molar-refractivity contribution in [3.05, 3.63) is 11.8 Å². The third kappa shape index (κ3) is 7.50. The molecule has 2 heteroatoms. The second-order valence-corrected chi connectivity index (χ2v) is 1.49. The molecule has 0 bridgehead atoms. The van der Waals surface area contributed by atoms with Crippen LogP contribution < -0.4 is 10.9 Å². The molecule has 0 saturated carbocycles. The van der Waals surface area contributed by atoms with Crippen molar-refractivity contribution in [2.75, 3.05) is 6.54 Å². The van der Waals surface area contributed by atoms with Gasteiger partial charge >= 0.3 is 0 Å². The van der Waals surface area contributed by atoms with E-state index in [4.69, 9.17) is 0 Å². The number of hydrazine groups is 1. The molecule has 0 aromatic rings. The number of nitrogens with one attached hydrogen (secondary N) is 2. The molecule has 0 spiro atoms. The molecule has 64 valence electrons. The second kappa shape index (κ2) is 11.3. The van der Waals surface area contributed by atoms with Crippen molar-refractivity contribution >= 4 is 0 Å². The summed E-state index contributed by atoms with van der Waals surface area (Å²) >= 11 is 0. The van der Waals surface area contributed by atoms with Gasteiger partial charge in [0.2, 0.25) is 0 Å². The van der Waals surface area contributed by atoms with Crippen LogP contribution in [0.15, 0.2) is 11.8 Å². The molecule has 2 N–H and O–H groups in total. The van der Waals surface area contributed by atoms with Crippen molar-refractivity contribution in [2.45, 2.75) is 34.6 Å². The lowest BCUT2D eigenvalue weighted by Crippen LogP contribution is -2.20. The molecule has 10 heavy (non-hydrogen) atoms. The molecular formula is C8H22N2. The van der Waals surface area contributed by atoms with Crippen LogP contribution in [0, 0.1) is 0 Å². The Kier molecular flexibility index (Phi) is 13.8. The highest BCUT2D eigenvalue weighted by molar-refractivity contribution is 5.02. The van der Waals surface area contributed by atoms with Crippen molar-refractivity contribution in [3.63, 3.8) is 0 Å². The number of hydrogen-bond donors (Lipinski definition) is 2. The SMILES string of the molecule is CC.CC.CC1=CNNC1.[HH]. The maximum atomic E-state index is 2.93. The molecule has 2 nitrogen and oxygen atoms in total. The van der Waals surface area contributed by atoms with E-state index in [1.165, 1.54) is 5.57 Å². The minimum Gasteiger partial charge on any atom is -0.328 e. The Balaban J connectivity index is -0.000000114. The summed E-state index contributed by atoms with van der Waals surface area (Å²) in [6.45, 7) is 11.1. The summed E-state index contributed by atoms with van der Waals surface area (Å²) in [5.41, 5.74) is 7.15. The van der Waals surface area contributed by atoms with Crippen molar-refractivity contribution in [1.82, 2.24) is 10.9 Å². The molecule has 0 aromatic carbocycles. The van der Waals surface area contributed by atoms with E-state index < -0.39 is 0 Å². The maximum absolute atomic E-state index is 2.93. The molecule has 0 radical (unpaired) electrons. The van der Waals surface area contributed by atoms with Gasteiger partial charge in [0, 0.05) is 14.2 Å². The fraction of sp³-hybridized carbons (Fsp3) is 0.750. The van der Waals surface area contributed by atoms with Crippen LogP contribution in [-0.4, -0.2) is 6.54 Å². The molecule has 0 unspecified atom stereocenters. The number of rotatable bonds is 0. The predicted octanol–water partition coefficient (Wildman–Crippen LogP) is 2.30. The van der Waals surface area contributed by atoms with Crippen LogP contribution in [0.4, 0.5) is 0 Å². The van der Waals surface area contributed by atoms with E-state index in [0.29, 0.717) is 0 Å². The van der Waals surface area contributed by atoms with Crippen LogP contribution in [0.1, 0.15) is 36.0 Å². The zero-order chi connectivity index (χ0) is 8.41. The van der Waals surface area contributed by atoms with Gasteiger partial charge in [-0.1, -0.05) is 27.7 Å².